The quantitative estimate of drug-likeness (QED) is 0.0203. The van der Waals surface area contributed by atoms with E-state index in [2.05, 4.69) is 74.5 Å². The number of allylic oxidation sites excluding steroid dienone is 3. The number of carbonyl (C=O) groups is 4. The van der Waals surface area contributed by atoms with E-state index in [1.54, 1.807) is 45.0 Å². The maximum Gasteiger partial charge on any atom is 0.545 e. The molecule has 1 unspecified atom stereocenters. The molecule has 11 heteroatoms. The third kappa shape index (κ3) is 8.49. The van der Waals surface area contributed by atoms with Crippen LogP contribution >= 0.6 is 0 Å². The average molecular weight is 1040 g/mol. The molecule has 0 radical (unpaired) electrons. The van der Waals surface area contributed by atoms with Crippen LogP contribution in [-0.4, -0.2) is 58.3 Å². The summed E-state index contributed by atoms with van der Waals surface area (Å²) in [6.07, 6.45) is 13.9. The maximum atomic E-state index is 18.9. The van der Waals surface area contributed by atoms with E-state index in [4.69, 9.17) is 14.2 Å². The summed E-state index contributed by atoms with van der Waals surface area (Å²) in [6.45, 7) is 6.80. The Morgan fingerprint density at radius 1 is 0.654 bits per heavy atom. The van der Waals surface area contributed by atoms with Crippen LogP contribution in [0.3, 0.4) is 0 Å². The third-order valence-corrected chi connectivity index (χ3v) is 16.7. The highest BCUT2D eigenvalue weighted by Gasteiger charge is 2.54. The van der Waals surface area contributed by atoms with Gasteiger partial charge in [-0.25, -0.2) is 9.59 Å². The van der Waals surface area contributed by atoms with Gasteiger partial charge in [0.2, 0.25) is 0 Å². The standard InChI is InChI=1S/C67H62BFN2O7/c1-6-76-59(73)36-34-56-46-18-8-10-20-54(46)66-65(67-55-21-11-9-19-47(55)57(35-37-60(74)77-7-2)71(67)68(5,69)70(56)66)62-40(3)38-44(39-41(62)4)42-28-30-45(31-29-42)78-61(75)27-15-26-58(72)48-32-33-53-51-23-13-17-43-16-12-22-50(63(43)51)52-25-14-24-49(48)64(52)53/h12-14,16-17,22-25,28-39H,6-11,15,18-21,26-27H2,1-5H3/b36-34+,37-35+. The normalized spacial score (nSPS) is 17.2. The maximum absolute atomic E-state index is 18.9. The number of hydrogen-bond acceptors (Lipinski definition) is 7. The largest absolute Gasteiger partial charge is 0.545 e. The van der Waals surface area contributed by atoms with Crippen molar-refractivity contribution in [3.63, 3.8) is 0 Å². The molecule has 392 valence electrons. The third-order valence-electron chi connectivity index (χ3n) is 16.7. The number of esters is 3. The molecule has 0 saturated heterocycles. The predicted molar refractivity (Wildman–Crippen MR) is 310 cm³/mol. The zero-order chi connectivity index (χ0) is 54.0. The van der Waals surface area contributed by atoms with Crippen molar-refractivity contribution in [2.24, 2.45) is 0 Å². The molecule has 1 atom stereocenters. The van der Waals surface area contributed by atoms with E-state index in [9.17, 15) is 19.2 Å². The number of carbonyl (C=O) groups excluding carboxylic acids is 4. The highest BCUT2D eigenvalue weighted by molar-refractivity contribution is 6.64. The molecule has 0 fully saturated rings. The van der Waals surface area contributed by atoms with Crippen LogP contribution in [0.25, 0.3) is 65.9 Å². The van der Waals surface area contributed by atoms with Gasteiger partial charge in [-0.15, -0.1) is 0 Å². The summed E-state index contributed by atoms with van der Waals surface area (Å²) >= 11 is 0. The van der Waals surface area contributed by atoms with Gasteiger partial charge in [0.25, 0.3) is 0 Å². The molecule has 0 amide bonds. The molecule has 78 heavy (non-hydrogen) atoms. The van der Waals surface area contributed by atoms with Gasteiger partial charge in [0, 0.05) is 59.2 Å². The Labute approximate surface area is 453 Å². The molecule has 0 saturated carbocycles. The summed E-state index contributed by atoms with van der Waals surface area (Å²) in [5.41, 5.74) is 14.0. The average Bonchev–Trinajstić information content (AvgIpc) is 3.93. The molecule has 0 N–H and O–H groups in total. The zero-order valence-corrected chi connectivity index (χ0v) is 45.0. The highest BCUT2D eigenvalue weighted by atomic mass is 19.1. The van der Waals surface area contributed by atoms with Crippen molar-refractivity contribution in [1.29, 1.82) is 0 Å². The summed E-state index contributed by atoms with van der Waals surface area (Å²) < 4.78 is 39.1. The van der Waals surface area contributed by atoms with Gasteiger partial charge in [-0.2, -0.15) is 0 Å². The number of ketones is 1. The van der Waals surface area contributed by atoms with Crippen molar-refractivity contribution >= 4 is 90.8 Å². The SMILES string of the molecule is CCOC(=O)/C=C/C1=[N+]2C(=C(c3c(C)cc(-c4ccc(OC(=O)CCCC(=O)c5ccc6c7cccc8cccc(c9cccc5c96)c87)cc4)cc3C)c3c4c(c(/C=C/C(=O)OCC)n3[B-]2(C)F)CCCC4)C2=C1CCCC2. The number of aromatic nitrogens is 1. The Hall–Kier alpha value is -8.18. The Kier molecular flexibility index (Phi) is 13.2. The minimum absolute atomic E-state index is 0.00403. The van der Waals surface area contributed by atoms with Crippen molar-refractivity contribution in [3.8, 4) is 16.9 Å². The predicted octanol–water partition coefficient (Wildman–Crippen LogP) is 14.9. The number of hydrogen-bond donors (Lipinski definition) is 0. The van der Waals surface area contributed by atoms with Crippen LogP contribution in [-0.2, 0) is 36.7 Å². The summed E-state index contributed by atoms with van der Waals surface area (Å²) in [7, 11) is 0. The molecule has 0 bridgehead atoms. The van der Waals surface area contributed by atoms with Gasteiger partial charge < -0.3 is 27.5 Å². The Morgan fingerprint density at radius 2 is 1.24 bits per heavy atom. The van der Waals surface area contributed by atoms with Gasteiger partial charge in [0.1, 0.15) is 5.75 Å². The Balaban J connectivity index is 0.835. The smallest absolute Gasteiger partial charge is 0.463 e. The second-order valence-electron chi connectivity index (χ2n) is 21.5. The van der Waals surface area contributed by atoms with E-state index in [1.165, 1.54) is 33.7 Å². The lowest BCUT2D eigenvalue weighted by Gasteiger charge is -2.38. The first-order valence-electron chi connectivity index (χ1n) is 27.9. The highest BCUT2D eigenvalue weighted by Crippen LogP contribution is 2.52. The number of benzene rings is 7. The lowest BCUT2D eigenvalue weighted by atomic mass is 9.66. The molecular weight excluding hydrogens is 975 g/mol. The molecular formula is C67H62BFN2O7. The van der Waals surface area contributed by atoms with E-state index < -0.39 is 24.6 Å². The molecule has 2 aliphatic heterocycles. The van der Waals surface area contributed by atoms with E-state index >= 15 is 4.32 Å². The molecule has 8 aromatic rings. The molecule has 4 aliphatic rings. The minimum atomic E-state index is -3.08. The van der Waals surface area contributed by atoms with Crippen molar-refractivity contribution in [1.82, 2.24) is 4.48 Å². The van der Waals surface area contributed by atoms with Crippen molar-refractivity contribution in [3.05, 3.63) is 183 Å². The van der Waals surface area contributed by atoms with Crippen LogP contribution in [0.5, 0.6) is 5.75 Å². The summed E-state index contributed by atoms with van der Waals surface area (Å²) in [5.74, 6) is -0.949. The van der Waals surface area contributed by atoms with Gasteiger partial charge in [-0.1, -0.05) is 97.8 Å². The molecule has 9 nitrogen and oxygen atoms in total. The van der Waals surface area contributed by atoms with Gasteiger partial charge in [0.15, 0.2) is 17.2 Å². The van der Waals surface area contributed by atoms with E-state index in [0.717, 1.165) is 140 Å². The fourth-order valence-corrected chi connectivity index (χ4v) is 13.6. The first kappa shape index (κ1) is 50.6. The van der Waals surface area contributed by atoms with Crippen LogP contribution in [0.15, 0.2) is 138 Å². The van der Waals surface area contributed by atoms with Crippen LogP contribution in [0.4, 0.5) is 4.32 Å². The summed E-state index contributed by atoms with van der Waals surface area (Å²) in [5, 5.41) is 9.04. The number of fused-ring (bicyclic) bond motifs is 7. The van der Waals surface area contributed by atoms with Crippen LogP contribution in [0, 0.1) is 13.8 Å². The van der Waals surface area contributed by atoms with Gasteiger partial charge >= 0.3 is 24.6 Å². The van der Waals surface area contributed by atoms with Crippen molar-refractivity contribution in [2.45, 2.75) is 105 Å². The fraction of sp³-hybridized carbons (Fsp3) is 0.269. The number of Topliss-reactive ketones (excluding diaryl/α,β-unsaturated/α-hetero) is 1. The lowest BCUT2D eigenvalue weighted by Crippen LogP contribution is -2.52. The number of halogens is 1. The van der Waals surface area contributed by atoms with E-state index in [1.807, 2.05) is 39.3 Å². The summed E-state index contributed by atoms with van der Waals surface area (Å²) in [4.78, 5) is 53.0. The summed E-state index contributed by atoms with van der Waals surface area (Å²) in [6, 6.07) is 34.8. The number of rotatable bonds is 14. The minimum Gasteiger partial charge on any atom is -0.463 e. The van der Waals surface area contributed by atoms with Gasteiger partial charge in [0.05, 0.1) is 18.8 Å². The van der Waals surface area contributed by atoms with Crippen LogP contribution in [0.2, 0.25) is 6.82 Å². The monoisotopic (exact) mass is 1040 g/mol. The zero-order valence-electron chi connectivity index (χ0n) is 45.0. The van der Waals surface area contributed by atoms with Crippen molar-refractivity contribution in [2.75, 3.05) is 13.2 Å². The second-order valence-corrected chi connectivity index (χ2v) is 21.5. The Morgan fingerprint density at radius 3 is 1.92 bits per heavy atom. The Bertz CT molecular complexity index is 3950. The van der Waals surface area contributed by atoms with Crippen LogP contribution in [0.1, 0.15) is 121 Å². The fourth-order valence-electron chi connectivity index (χ4n) is 13.6. The first-order valence-corrected chi connectivity index (χ1v) is 27.9. The first-order chi connectivity index (χ1) is 37.9. The van der Waals surface area contributed by atoms with Gasteiger partial charge in [-0.05, 0) is 186 Å². The molecule has 1 aromatic heterocycles. The lowest BCUT2D eigenvalue weighted by molar-refractivity contribution is -0.347. The topological polar surface area (TPSA) is 104 Å². The molecule has 12 rings (SSSR count). The van der Waals surface area contributed by atoms with Crippen molar-refractivity contribution < 1.29 is 42.2 Å². The van der Waals surface area contributed by atoms with E-state index in [0.29, 0.717) is 29.1 Å². The van der Waals surface area contributed by atoms with Gasteiger partial charge in [-0.3, -0.25) is 9.59 Å². The number of nitrogens with zero attached hydrogens (tertiary/aromatic N) is 2. The second kappa shape index (κ2) is 20.3. The molecule has 7 aromatic carbocycles. The van der Waals surface area contributed by atoms with E-state index in [-0.39, 0.29) is 31.8 Å². The molecule has 3 heterocycles. The number of aryl methyl sites for hydroxylation is 2. The number of ether oxygens (including phenoxy) is 3. The molecule has 0 spiro atoms. The molecule has 2 aliphatic carbocycles. The van der Waals surface area contributed by atoms with Crippen LogP contribution < -0.4 is 4.74 Å².